The predicted molar refractivity (Wildman–Crippen MR) is 136 cm³/mol. The third-order valence-electron chi connectivity index (χ3n) is 5.57. The Labute approximate surface area is 213 Å². The van der Waals surface area contributed by atoms with Crippen molar-refractivity contribution in [1.82, 2.24) is 5.43 Å². The Morgan fingerprint density at radius 1 is 1.09 bits per heavy atom. The Kier molecular flexibility index (Phi) is 7.90. The zero-order valence-electron chi connectivity index (χ0n) is 18.9. The fraction of sp³-hybridized carbons (Fsp3) is 0.192. The van der Waals surface area contributed by atoms with Gasteiger partial charge in [-0.2, -0.15) is 5.10 Å². The fourth-order valence-corrected chi connectivity index (χ4v) is 4.17. The zero-order chi connectivity index (χ0) is 24.8. The molecule has 2 amide bonds. The van der Waals surface area contributed by atoms with Gasteiger partial charge < -0.3 is 14.4 Å². The number of nitrogens with zero attached hydrogens (tertiary/aromatic N) is 2. The number of halogens is 2. The number of benzene rings is 3. The smallest absolute Gasteiger partial charge is 0.245 e. The van der Waals surface area contributed by atoms with Crippen LogP contribution in [0.4, 0.5) is 5.69 Å². The van der Waals surface area contributed by atoms with Gasteiger partial charge in [-0.3, -0.25) is 9.59 Å². The summed E-state index contributed by atoms with van der Waals surface area (Å²) in [7, 11) is 1.58. The summed E-state index contributed by atoms with van der Waals surface area (Å²) in [4.78, 5) is 26.6. The molecule has 3 aromatic rings. The topological polar surface area (TPSA) is 80.2 Å². The number of hydrazone groups is 1. The van der Waals surface area contributed by atoms with E-state index in [9.17, 15) is 9.59 Å². The van der Waals surface area contributed by atoms with Gasteiger partial charge in [0.05, 0.1) is 19.2 Å². The number of rotatable bonds is 8. The van der Waals surface area contributed by atoms with Gasteiger partial charge in [-0.15, -0.1) is 0 Å². The van der Waals surface area contributed by atoms with Crippen molar-refractivity contribution in [3.63, 3.8) is 0 Å². The SMILES string of the molecule is COc1ccc(N2C[C@@H](C(=O)N/N=C/c3cccc(OCc4c(Cl)cccc4Cl)c3)CC2=O)cc1. The van der Waals surface area contributed by atoms with Crippen LogP contribution in [0.15, 0.2) is 71.8 Å². The van der Waals surface area contributed by atoms with E-state index in [1.165, 1.54) is 6.21 Å². The van der Waals surface area contributed by atoms with Gasteiger partial charge in [0, 0.05) is 34.3 Å². The Bertz CT molecular complexity index is 1230. The van der Waals surface area contributed by atoms with Crippen molar-refractivity contribution in [2.24, 2.45) is 11.0 Å². The molecule has 0 bridgehead atoms. The molecule has 0 unspecified atom stereocenters. The van der Waals surface area contributed by atoms with Crippen LogP contribution in [-0.4, -0.2) is 31.7 Å². The summed E-state index contributed by atoms with van der Waals surface area (Å²) < 4.78 is 11.0. The van der Waals surface area contributed by atoms with Crippen molar-refractivity contribution in [2.45, 2.75) is 13.0 Å². The zero-order valence-corrected chi connectivity index (χ0v) is 20.4. The van der Waals surface area contributed by atoms with E-state index >= 15 is 0 Å². The van der Waals surface area contributed by atoms with Crippen molar-refractivity contribution in [3.8, 4) is 11.5 Å². The standard InChI is InChI=1S/C26H23Cl2N3O4/c1-34-20-10-8-19(9-11-20)31-15-18(13-25(31)32)26(33)30-29-14-17-4-2-5-21(12-17)35-16-22-23(27)6-3-7-24(22)28/h2-12,14,18H,13,15-16H2,1H3,(H,30,33)/b29-14+/t18-/m0/s1. The molecule has 1 saturated heterocycles. The number of carbonyl (C=O) groups is 2. The van der Waals surface area contributed by atoms with Gasteiger partial charge >= 0.3 is 0 Å². The van der Waals surface area contributed by atoms with Crippen LogP contribution < -0.4 is 19.8 Å². The number of anilines is 1. The van der Waals surface area contributed by atoms with Crippen LogP contribution in [0.2, 0.25) is 10.0 Å². The molecule has 0 spiro atoms. The first kappa shape index (κ1) is 24.6. The Morgan fingerprint density at radius 3 is 2.51 bits per heavy atom. The van der Waals surface area contributed by atoms with Crippen LogP contribution in [0, 0.1) is 5.92 Å². The lowest BCUT2D eigenvalue weighted by Crippen LogP contribution is -2.30. The highest BCUT2D eigenvalue weighted by molar-refractivity contribution is 6.35. The van der Waals surface area contributed by atoms with Crippen LogP contribution >= 0.6 is 23.2 Å². The molecule has 0 saturated carbocycles. The highest BCUT2D eigenvalue weighted by Gasteiger charge is 2.35. The largest absolute Gasteiger partial charge is 0.497 e. The van der Waals surface area contributed by atoms with E-state index in [-0.39, 0.29) is 24.8 Å². The summed E-state index contributed by atoms with van der Waals surface area (Å²) in [5.74, 6) is 0.393. The normalized spacial score (nSPS) is 15.5. The number of nitrogens with one attached hydrogen (secondary N) is 1. The molecule has 4 rings (SSSR count). The van der Waals surface area contributed by atoms with Crippen LogP contribution in [-0.2, 0) is 16.2 Å². The van der Waals surface area contributed by atoms with Gasteiger partial charge in [0.15, 0.2) is 0 Å². The Balaban J connectivity index is 1.32. The van der Waals surface area contributed by atoms with E-state index < -0.39 is 5.92 Å². The van der Waals surface area contributed by atoms with Gasteiger partial charge in [0.2, 0.25) is 11.8 Å². The van der Waals surface area contributed by atoms with Crippen molar-refractivity contribution in [1.29, 1.82) is 0 Å². The second kappa shape index (κ2) is 11.3. The summed E-state index contributed by atoms with van der Waals surface area (Å²) in [5.41, 5.74) is 4.70. The third-order valence-corrected chi connectivity index (χ3v) is 6.28. The highest BCUT2D eigenvalue weighted by atomic mass is 35.5. The number of carbonyl (C=O) groups excluding carboxylic acids is 2. The molecule has 1 atom stereocenters. The van der Waals surface area contributed by atoms with Gasteiger partial charge in [-0.05, 0) is 54.1 Å². The maximum atomic E-state index is 12.6. The number of hydrogen-bond donors (Lipinski definition) is 1. The average Bonchev–Trinajstić information content (AvgIpc) is 3.25. The predicted octanol–water partition coefficient (Wildman–Crippen LogP) is 5.08. The third kappa shape index (κ3) is 6.12. The van der Waals surface area contributed by atoms with Gasteiger partial charge in [0.1, 0.15) is 18.1 Å². The number of methoxy groups -OCH3 is 1. The maximum absolute atomic E-state index is 12.6. The second-order valence-electron chi connectivity index (χ2n) is 7.90. The molecule has 1 heterocycles. The van der Waals surface area contributed by atoms with Gasteiger partial charge in [-0.1, -0.05) is 41.4 Å². The molecule has 1 fully saturated rings. The van der Waals surface area contributed by atoms with Crippen LogP contribution in [0.5, 0.6) is 11.5 Å². The van der Waals surface area contributed by atoms with Crippen LogP contribution in [0.3, 0.4) is 0 Å². The summed E-state index contributed by atoms with van der Waals surface area (Å²) in [5, 5.41) is 5.12. The molecular weight excluding hydrogens is 489 g/mol. The van der Waals surface area contributed by atoms with E-state index in [0.29, 0.717) is 33.7 Å². The molecule has 1 aliphatic heterocycles. The van der Waals surface area contributed by atoms with Crippen molar-refractivity contribution in [3.05, 3.63) is 87.9 Å². The minimum atomic E-state index is -0.489. The lowest BCUT2D eigenvalue weighted by molar-refractivity contribution is -0.126. The first-order valence-electron chi connectivity index (χ1n) is 10.9. The Morgan fingerprint density at radius 2 is 1.80 bits per heavy atom. The molecule has 9 heteroatoms. The fourth-order valence-electron chi connectivity index (χ4n) is 3.67. The molecule has 3 aromatic carbocycles. The molecular formula is C26H23Cl2N3O4. The van der Waals surface area contributed by atoms with Crippen LogP contribution in [0.25, 0.3) is 0 Å². The molecule has 180 valence electrons. The highest BCUT2D eigenvalue weighted by Crippen LogP contribution is 2.27. The quantitative estimate of drug-likeness (QED) is 0.337. The van der Waals surface area contributed by atoms with Gasteiger partial charge in [0.25, 0.3) is 0 Å². The van der Waals surface area contributed by atoms with Crippen molar-refractivity contribution in [2.75, 3.05) is 18.6 Å². The van der Waals surface area contributed by atoms with Crippen LogP contribution in [0.1, 0.15) is 17.5 Å². The van der Waals surface area contributed by atoms with E-state index in [0.717, 1.165) is 11.3 Å². The van der Waals surface area contributed by atoms with E-state index in [2.05, 4.69) is 10.5 Å². The van der Waals surface area contributed by atoms with Crippen molar-refractivity contribution >= 4 is 46.9 Å². The lowest BCUT2D eigenvalue weighted by Gasteiger charge is -2.16. The Hall–Kier alpha value is -3.55. The molecule has 1 aliphatic rings. The molecule has 0 aliphatic carbocycles. The minimum Gasteiger partial charge on any atom is -0.497 e. The molecule has 35 heavy (non-hydrogen) atoms. The summed E-state index contributed by atoms with van der Waals surface area (Å²) in [6.45, 7) is 0.511. The summed E-state index contributed by atoms with van der Waals surface area (Å²) in [6, 6.07) is 19.7. The average molecular weight is 512 g/mol. The minimum absolute atomic E-state index is 0.109. The number of amides is 2. The monoisotopic (exact) mass is 511 g/mol. The molecule has 0 radical (unpaired) electrons. The molecule has 7 nitrogen and oxygen atoms in total. The van der Waals surface area contributed by atoms with E-state index in [1.807, 2.05) is 12.1 Å². The molecule has 1 N–H and O–H groups in total. The van der Waals surface area contributed by atoms with E-state index in [4.69, 9.17) is 32.7 Å². The first-order valence-corrected chi connectivity index (χ1v) is 11.6. The summed E-state index contributed by atoms with van der Waals surface area (Å²) in [6.07, 6.45) is 1.65. The number of hydrogen-bond acceptors (Lipinski definition) is 5. The lowest BCUT2D eigenvalue weighted by atomic mass is 10.1. The number of ether oxygens (including phenoxy) is 2. The van der Waals surface area contributed by atoms with E-state index in [1.54, 1.807) is 66.6 Å². The van der Waals surface area contributed by atoms with Crippen molar-refractivity contribution < 1.29 is 19.1 Å². The van der Waals surface area contributed by atoms with Gasteiger partial charge in [-0.25, -0.2) is 5.43 Å². The first-order chi connectivity index (χ1) is 16.9. The second-order valence-corrected chi connectivity index (χ2v) is 8.71. The maximum Gasteiger partial charge on any atom is 0.245 e. The summed E-state index contributed by atoms with van der Waals surface area (Å²) >= 11 is 12.4. The molecule has 0 aromatic heterocycles.